The summed E-state index contributed by atoms with van der Waals surface area (Å²) in [5.41, 5.74) is 7.73. The number of nitrogens with zero attached hydrogens (tertiary/aromatic N) is 5. The van der Waals surface area contributed by atoms with Gasteiger partial charge in [-0.1, -0.05) is 18.2 Å². The molecular weight excluding hydrogens is 493 g/mol. The first-order valence-electron chi connectivity index (χ1n) is 13.0. The number of halogens is 1. The van der Waals surface area contributed by atoms with Crippen molar-refractivity contribution in [1.29, 1.82) is 0 Å². The van der Waals surface area contributed by atoms with Gasteiger partial charge in [-0.25, -0.2) is 9.37 Å². The van der Waals surface area contributed by atoms with Gasteiger partial charge in [-0.3, -0.25) is 20.0 Å². The molecule has 0 amide bonds. The number of nitrogens with one attached hydrogen (secondary N) is 2. The second kappa shape index (κ2) is 9.68. The van der Waals surface area contributed by atoms with E-state index in [1.54, 1.807) is 18.5 Å². The Kier molecular flexibility index (Phi) is 5.87. The Morgan fingerprint density at radius 1 is 0.897 bits per heavy atom. The number of hydrogen-bond donors (Lipinski definition) is 3. The first-order valence-corrected chi connectivity index (χ1v) is 13.0. The molecule has 0 spiro atoms. The van der Waals surface area contributed by atoms with Crippen LogP contribution in [0, 0.1) is 5.82 Å². The smallest absolute Gasteiger partial charge is 0.159 e. The van der Waals surface area contributed by atoms with Crippen LogP contribution in [0.3, 0.4) is 0 Å². The fraction of sp³-hybridized carbons (Fsp3) is 0.200. The number of H-pyrrole nitrogens is 2. The van der Waals surface area contributed by atoms with Gasteiger partial charge in [-0.15, -0.1) is 0 Å². The first kappa shape index (κ1) is 23.6. The first-order chi connectivity index (χ1) is 19.1. The van der Waals surface area contributed by atoms with Crippen LogP contribution in [0.1, 0.15) is 18.4 Å². The number of piperidine rings is 1. The molecular formula is C30H26FN7O. The summed E-state index contributed by atoms with van der Waals surface area (Å²) in [6.45, 7) is 2.60. The van der Waals surface area contributed by atoms with Gasteiger partial charge in [-0.2, -0.15) is 5.10 Å². The van der Waals surface area contributed by atoms with Gasteiger partial charge in [0.05, 0.1) is 28.9 Å². The summed E-state index contributed by atoms with van der Waals surface area (Å²) in [6.07, 6.45) is 8.65. The summed E-state index contributed by atoms with van der Waals surface area (Å²) >= 11 is 0. The van der Waals surface area contributed by atoms with Gasteiger partial charge in [0.2, 0.25) is 0 Å². The summed E-state index contributed by atoms with van der Waals surface area (Å²) < 4.78 is 13.9. The SMILES string of the molecule is OC1CCN(Cc2cncc(-c3ccc4[nH]nc(-c5nc6c(-c7cccc(F)c7)cncc6[nH]5)c4c3)c2)CC1. The average molecular weight is 520 g/mol. The summed E-state index contributed by atoms with van der Waals surface area (Å²) in [5.74, 6) is 0.303. The molecule has 5 heterocycles. The van der Waals surface area contributed by atoms with Gasteiger partial charge >= 0.3 is 0 Å². The van der Waals surface area contributed by atoms with E-state index in [0.717, 1.165) is 71.1 Å². The standard InChI is InChI=1S/C30H26FN7O/c31-22-3-1-2-20(11-22)25-15-33-16-27-28(25)35-30(34-27)29-24-12-19(4-5-26(24)36-37-29)21-10-18(13-32-14-21)17-38-8-6-23(39)7-9-38/h1-5,10-16,23,39H,6-9,17H2,(H,34,35)(H,36,37). The van der Waals surface area contributed by atoms with Crippen LogP contribution in [0.2, 0.25) is 0 Å². The molecule has 39 heavy (non-hydrogen) atoms. The van der Waals surface area contributed by atoms with Crippen LogP contribution in [-0.4, -0.2) is 59.3 Å². The summed E-state index contributed by atoms with van der Waals surface area (Å²) in [6, 6.07) is 14.8. The zero-order chi connectivity index (χ0) is 26.3. The molecule has 0 aliphatic carbocycles. The van der Waals surface area contributed by atoms with E-state index in [1.165, 1.54) is 12.1 Å². The highest BCUT2D eigenvalue weighted by Crippen LogP contribution is 2.33. The van der Waals surface area contributed by atoms with Crippen LogP contribution in [0.15, 0.2) is 73.3 Å². The van der Waals surface area contributed by atoms with Crippen LogP contribution in [-0.2, 0) is 6.54 Å². The molecule has 9 heteroatoms. The lowest BCUT2D eigenvalue weighted by Crippen LogP contribution is -2.35. The molecule has 4 aromatic heterocycles. The second-order valence-electron chi connectivity index (χ2n) is 10.1. The van der Waals surface area contributed by atoms with Gasteiger partial charge in [0, 0.05) is 54.7 Å². The van der Waals surface area contributed by atoms with E-state index in [-0.39, 0.29) is 11.9 Å². The van der Waals surface area contributed by atoms with Gasteiger partial charge in [0.1, 0.15) is 11.5 Å². The van der Waals surface area contributed by atoms with E-state index in [9.17, 15) is 9.50 Å². The number of rotatable bonds is 5. The lowest BCUT2D eigenvalue weighted by atomic mass is 10.0. The molecule has 0 atom stereocenters. The number of fused-ring (bicyclic) bond motifs is 2. The largest absolute Gasteiger partial charge is 0.393 e. The molecule has 194 valence electrons. The highest BCUT2D eigenvalue weighted by molar-refractivity contribution is 5.98. The minimum absolute atomic E-state index is 0.183. The van der Waals surface area contributed by atoms with E-state index < -0.39 is 0 Å². The topological polar surface area (TPSA) is 107 Å². The molecule has 1 aliphatic heterocycles. The predicted octanol–water partition coefficient (Wildman–Crippen LogP) is 5.33. The third-order valence-corrected chi connectivity index (χ3v) is 7.41. The van der Waals surface area contributed by atoms with Crippen LogP contribution < -0.4 is 0 Å². The zero-order valence-corrected chi connectivity index (χ0v) is 21.1. The van der Waals surface area contributed by atoms with Crippen molar-refractivity contribution >= 4 is 21.9 Å². The van der Waals surface area contributed by atoms with Crippen LogP contribution in [0.25, 0.3) is 55.7 Å². The van der Waals surface area contributed by atoms with Crippen molar-refractivity contribution in [1.82, 2.24) is 35.0 Å². The molecule has 2 aromatic carbocycles. The lowest BCUT2D eigenvalue weighted by Gasteiger charge is -2.29. The van der Waals surface area contributed by atoms with Crippen molar-refractivity contribution in [3.63, 3.8) is 0 Å². The molecule has 1 fully saturated rings. The number of aromatic amines is 2. The third kappa shape index (κ3) is 4.56. The van der Waals surface area contributed by atoms with Crippen molar-refractivity contribution in [2.24, 2.45) is 0 Å². The summed E-state index contributed by atoms with van der Waals surface area (Å²) in [4.78, 5) is 19.4. The number of imidazole rings is 1. The van der Waals surface area contributed by atoms with E-state index in [1.807, 2.05) is 24.5 Å². The van der Waals surface area contributed by atoms with Crippen molar-refractivity contribution in [3.8, 4) is 33.8 Å². The second-order valence-corrected chi connectivity index (χ2v) is 10.1. The Labute approximate surface area is 223 Å². The maximum Gasteiger partial charge on any atom is 0.159 e. The number of aliphatic hydroxyl groups excluding tert-OH is 1. The lowest BCUT2D eigenvalue weighted by molar-refractivity contribution is 0.0792. The average Bonchev–Trinajstić information content (AvgIpc) is 3.58. The van der Waals surface area contributed by atoms with Gasteiger partial charge < -0.3 is 10.1 Å². The number of benzene rings is 2. The highest BCUT2D eigenvalue weighted by atomic mass is 19.1. The molecule has 0 radical (unpaired) electrons. The van der Waals surface area contributed by atoms with Crippen LogP contribution in [0.4, 0.5) is 4.39 Å². The Morgan fingerprint density at radius 3 is 2.64 bits per heavy atom. The quantitative estimate of drug-likeness (QED) is 0.284. The Balaban J connectivity index is 1.24. The number of pyridine rings is 2. The fourth-order valence-corrected chi connectivity index (χ4v) is 5.35. The maximum atomic E-state index is 13.9. The van der Waals surface area contributed by atoms with Gasteiger partial charge in [0.25, 0.3) is 0 Å². The third-order valence-electron chi connectivity index (χ3n) is 7.41. The number of aromatic nitrogens is 6. The minimum Gasteiger partial charge on any atom is -0.393 e. The van der Waals surface area contributed by atoms with Crippen molar-refractivity contribution in [2.45, 2.75) is 25.5 Å². The molecule has 1 saturated heterocycles. The van der Waals surface area contributed by atoms with Gasteiger partial charge in [0.15, 0.2) is 5.82 Å². The van der Waals surface area contributed by atoms with E-state index in [0.29, 0.717) is 22.6 Å². The molecule has 0 saturated carbocycles. The highest BCUT2D eigenvalue weighted by Gasteiger charge is 2.18. The van der Waals surface area contributed by atoms with Crippen molar-refractivity contribution < 1.29 is 9.50 Å². The molecule has 7 rings (SSSR count). The van der Waals surface area contributed by atoms with Crippen molar-refractivity contribution in [3.05, 3.63) is 84.7 Å². The number of hydrogen-bond acceptors (Lipinski definition) is 6. The van der Waals surface area contributed by atoms with Gasteiger partial charge in [-0.05, 0) is 59.9 Å². The molecule has 1 aliphatic rings. The molecule has 8 nitrogen and oxygen atoms in total. The minimum atomic E-state index is -0.306. The molecule has 6 aromatic rings. The van der Waals surface area contributed by atoms with Crippen LogP contribution >= 0.6 is 0 Å². The number of aliphatic hydroxyl groups is 1. The summed E-state index contributed by atoms with van der Waals surface area (Å²) in [7, 11) is 0. The number of likely N-dealkylation sites (tertiary alicyclic amines) is 1. The Hall–Kier alpha value is -4.47. The fourth-order valence-electron chi connectivity index (χ4n) is 5.35. The van der Waals surface area contributed by atoms with E-state index in [2.05, 4.69) is 48.2 Å². The molecule has 3 N–H and O–H groups in total. The maximum absolute atomic E-state index is 13.9. The summed E-state index contributed by atoms with van der Waals surface area (Å²) in [5, 5.41) is 18.4. The molecule has 0 bridgehead atoms. The zero-order valence-electron chi connectivity index (χ0n) is 21.1. The van der Waals surface area contributed by atoms with Crippen molar-refractivity contribution in [2.75, 3.05) is 13.1 Å². The van der Waals surface area contributed by atoms with Crippen LogP contribution in [0.5, 0.6) is 0 Å². The molecule has 0 unspecified atom stereocenters. The predicted molar refractivity (Wildman–Crippen MR) is 148 cm³/mol. The Morgan fingerprint density at radius 2 is 1.77 bits per heavy atom. The van der Waals surface area contributed by atoms with E-state index in [4.69, 9.17) is 4.98 Å². The van der Waals surface area contributed by atoms with E-state index >= 15 is 0 Å². The Bertz CT molecular complexity index is 1800. The normalized spacial score (nSPS) is 14.9. The monoisotopic (exact) mass is 519 g/mol.